The zero-order valence-electron chi connectivity index (χ0n) is 17.4. The maximum Gasteiger partial charge on any atom is 0.276 e. The highest BCUT2D eigenvalue weighted by atomic mass is 79.9. The molecule has 0 radical (unpaired) electrons. The summed E-state index contributed by atoms with van der Waals surface area (Å²) in [6, 6.07) is 13.0. The van der Waals surface area contributed by atoms with Gasteiger partial charge < -0.3 is 15.4 Å². The van der Waals surface area contributed by atoms with Crippen LogP contribution in [0.15, 0.2) is 46.9 Å². The van der Waals surface area contributed by atoms with Crippen molar-refractivity contribution in [2.45, 2.75) is 32.6 Å². The number of hydrogen-bond donors (Lipinski definition) is 2. The zero-order chi connectivity index (χ0) is 22.0. The van der Waals surface area contributed by atoms with E-state index in [9.17, 15) is 9.59 Å². The summed E-state index contributed by atoms with van der Waals surface area (Å²) in [6.45, 7) is 1.43. The third kappa shape index (κ3) is 4.49. The standard InChI is InChI=1S/C23H23BrN4O3/c1-14(29)25-16-10-11-21(31-2)19(13-16)26-23(30)22-18-8-3-4-9-20(18)28(27-22)17-7-5-6-15(24)12-17/h5-7,10-13H,3-4,8-9H2,1-2H3,(H,25,29)(H,26,30). The molecule has 1 heterocycles. The van der Waals surface area contributed by atoms with E-state index in [1.54, 1.807) is 18.2 Å². The van der Waals surface area contributed by atoms with E-state index >= 15 is 0 Å². The lowest BCUT2D eigenvalue weighted by Crippen LogP contribution is -2.16. The Labute approximate surface area is 188 Å². The summed E-state index contributed by atoms with van der Waals surface area (Å²) in [5.41, 5.74) is 4.44. The summed E-state index contributed by atoms with van der Waals surface area (Å²) in [6.07, 6.45) is 3.79. The fourth-order valence-electron chi connectivity index (χ4n) is 3.87. The minimum absolute atomic E-state index is 0.190. The van der Waals surface area contributed by atoms with Crippen molar-refractivity contribution in [2.75, 3.05) is 17.7 Å². The summed E-state index contributed by atoms with van der Waals surface area (Å²) in [4.78, 5) is 24.7. The first kappa shape index (κ1) is 21.1. The van der Waals surface area contributed by atoms with Crippen LogP contribution in [0.3, 0.4) is 0 Å². The first-order chi connectivity index (χ1) is 15.0. The first-order valence-corrected chi connectivity index (χ1v) is 10.9. The number of hydrogen-bond acceptors (Lipinski definition) is 4. The van der Waals surface area contributed by atoms with Gasteiger partial charge in [-0.25, -0.2) is 4.68 Å². The average Bonchev–Trinajstić information content (AvgIpc) is 3.13. The highest BCUT2D eigenvalue weighted by molar-refractivity contribution is 9.10. The second kappa shape index (κ2) is 8.93. The number of fused-ring (bicyclic) bond motifs is 1. The van der Waals surface area contributed by atoms with Crippen molar-refractivity contribution in [3.8, 4) is 11.4 Å². The van der Waals surface area contributed by atoms with Crippen molar-refractivity contribution in [1.82, 2.24) is 9.78 Å². The molecule has 0 atom stereocenters. The lowest BCUT2D eigenvalue weighted by molar-refractivity contribution is -0.114. The van der Waals surface area contributed by atoms with Gasteiger partial charge in [0.1, 0.15) is 5.75 Å². The number of carbonyl (C=O) groups excluding carboxylic acids is 2. The molecule has 0 aliphatic heterocycles. The Morgan fingerprint density at radius 3 is 2.65 bits per heavy atom. The van der Waals surface area contributed by atoms with Gasteiger partial charge in [-0.2, -0.15) is 5.10 Å². The van der Waals surface area contributed by atoms with Crippen molar-refractivity contribution >= 4 is 39.1 Å². The number of halogens is 1. The number of nitrogens with zero attached hydrogens (tertiary/aromatic N) is 2. The minimum atomic E-state index is -0.301. The second-order valence-corrected chi connectivity index (χ2v) is 8.34. The Hall–Kier alpha value is -3.13. The molecule has 2 amide bonds. The molecule has 160 valence electrons. The molecule has 8 heteroatoms. The SMILES string of the molecule is COc1ccc(NC(C)=O)cc1NC(=O)c1nn(-c2cccc(Br)c2)c2c1CCCC2. The van der Waals surface area contributed by atoms with E-state index in [4.69, 9.17) is 9.84 Å². The van der Waals surface area contributed by atoms with Gasteiger partial charge in [0.25, 0.3) is 5.91 Å². The van der Waals surface area contributed by atoms with Crippen molar-refractivity contribution in [3.05, 3.63) is 63.9 Å². The van der Waals surface area contributed by atoms with Gasteiger partial charge in [-0.05, 0) is 62.1 Å². The number of anilines is 2. The molecule has 0 saturated heterocycles. The molecule has 1 aliphatic rings. The zero-order valence-corrected chi connectivity index (χ0v) is 19.0. The third-order valence-electron chi connectivity index (χ3n) is 5.22. The van der Waals surface area contributed by atoms with Gasteiger partial charge >= 0.3 is 0 Å². The highest BCUT2D eigenvalue weighted by Crippen LogP contribution is 2.31. The van der Waals surface area contributed by atoms with Crippen molar-refractivity contribution in [3.63, 3.8) is 0 Å². The fourth-order valence-corrected chi connectivity index (χ4v) is 4.26. The number of amides is 2. The number of rotatable bonds is 5. The van der Waals surface area contributed by atoms with E-state index in [1.807, 2.05) is 28.9 Å². The molecule has 3 aromatic rings. The van der Waals surface area contributed by atoms with Crippen LogP contribution in [0, 0.1) is 0 Å². The van der Waals surface area contributed by atoms with Crippen LogP contribution in [0.2, 0.25) is 0 Å². The highest BCUT2D eigenvalue weighted by Gasteiger charge is 2.26. The molecule has 4 rings (SSSR count). The molecular formula is C23H23BrN4O3. The molecule has 0 bridgehead atoms. The quantitative estimate of drug-likeness (QED) is 0.550. The van der Waals surface area contributed by atoms with E-state index < -0.39 is 0 Å². The Bertz CT molecular complexity index is 1160. The fraction of sp³-hybridized carbons (Fsp3) is 0.261. The maximum atomic E-state index is 13.3. The summed E-state index contributed by atoms with van der Waals surface area (Å²) in [5.74, 6) is 0.0113. The molecule has 1 aliphatic carbocycles. The van der Waals surface area contributed by atoms with Gasteiger partial charge in [0, 0.05) is 28.3 Å². The molecule has 0 unspecified atom stereocenters. The lowest BCUT2D eigenvalue weighted by atomic mass is 9.95. The van der Waals surface area contributed by atoms with Gasteiger partial charge in [-0.15, -0.1) is 0 Å². The molecule has 7 nitrogen and oxygen atoms in total. The van der Waals surface area contributed by atoms with E-state index in [0.29, 0.717) is 22.8 Å². The molecule has 0 saturated carbocycles. The monoisotopic (exact) mass is 482 g/mol. The first-order valence-electron chi connectivity index (χ1n) is 10.1. The smallest absolute Gasteiger partial charge is 0.276 e. The minimum Gasteiger partial charge on any atom is -0.495 e. The largest absolute Gasteiger partial charge is 0.495 e. The Morgan fingerprint density at radius 2 is 1.90 bits per heavy atom. The summed E-state index contributed by atoms with van der Waals surface area (Å²) >= 11 is 3.51. The van der Waals surface area contributed by atoms with E-state index in [1.165, 1.54) is 14.0 Å². The van der Waals surface area contributed by atoms with Crippen LogP contribution in [0.1, 0.15) is 41.5 Å². The van der Waals surface area contributed by atoms with Crippen molar-refractivity contribution in [2.24, 2.45) is 0 Å². The number of ether oxygens (including phenoxy) is 1. The number of nitrogens with one attached hydrogen (secondary N) is 2. The molecule has 2 N–H and O–H groups in total. The van der Waals surface area contributed by atoms with E-state index in [2.05, 4.69) is 26.6 Å². The van der Waals surface area contributed by atoms with Crippen molar-refractivity contribution in [1.29, 1.82) is 0 Å². The maximum absolute atomic E-state index is 13.3. The van der Waals surface area contributed by atoms with Crippen LogP contribution in [0.5, 0.6) is 5.75 Å². The third-order valence-corrected chi connectivity index (χ3v) is 5.71. The van der Waals surface area contributed by atoms with Gasteiger partial charge in [0.15, 0.2) is 5.69 Å². The molecule has 0 fully saturated rings. The number of benzene rings is 2. The molecule has 1 aromatic heterocycles. The molecule has 31 heavy (non-hydrogen) atoms. The topological polar surface area (TPSA) is 85.2 Å². The second-order valence-electron chi connectivity index (χ2n) is 7.42. The van der Waals surface area contributed by atoms with E-state index in [-0.39, 0.29) is 11.8 Å². The van der Waals surface area contributed by atoms with Gasteiger partial charge in [-0.1, -0.05) is 22.0 Å². The van der Waals surface area contributed by atoms with E-state index in [0.717, 1.165) is 47.1 Å². The number of aromatic nitrogens is 2. The Kier molecular flexibility index (Phi) is 6.08. The number of carbonyl (C=O) groups is 2. The van der Waals surface area contributed by atoms with Gasteiger partial charge in [0.2, 0.25) is 5.91 Å². The predicted molar refractivity (Wildman–Crippen MR) is 123 cm³/mol. The molecule has 2 aromatic carbocycles. The van der Waals surface area contributed by atoms with Crippen LogP contribution in [0.25, 0.3) is 5.69 Å². The van der Waals surface area contributed by atoms with Crippen LogP contribution in [-0.2, 0) is 17.6 Å². The predicted octanol–water partition coefficient (Wildman–Crippen LogP) is 4.73. The summed E-state index contributed by atoms with van der Waals surface area (Å²) in [5, 5.41) is 10.3. The average molecular weight is 483 g/mol. The van der Waals surface area contributed by atoms with Gasteiger partial charge in [0.05, 0.1) is 18.5 Å². The lowest BCUT2D eigenvalue weighted by Gasteiger charge is -2.15. The molecular weight excluding hydrogens is 460 g/mol. The Balaban J connectivity index is 1.70. The Morgan fingerprint density at radius 1 is 1.10 bits per heavy atom. The van der Waals surface area contributed by atoms with Crippen LogP contribution in [-0.4, -0.2) is 28.7 Å². The van der Waals surface area contributed by atoms with Crippen LogP contribution < -0.4 is 15.4 Å². The summed E-state index contributed by atoms with van der Waals surface area (Å²) < 4.78 is 8.21. The number of methoxy groups -OCH3 is 1. The van der Waals surface area contributed by atoms with Crippen LogP contribution in [0.4, 0.5) is 11.4 Å². The normalized spacial score (nSPS) is 12.7. The summed E-state index contributed by atoms with van der Waals surface area (Å²) in [7, 11) is 1.53. The van der Waals surface area contributed by atoms with Gasteiger partial charge in [-0.3, -0.25) is 9.59 Å². The van der Waals surface area contributed by atoms with Crippen LogP contribution >= 0.6 is 15.9 Å². The molecule has 0 spiro atoms. The van der Waals surface area contributed by atoms with Crippen molar-refractivity contribution < 1.29 is 14.3 Å².